The smallest absolute Gasteiger partial charge is 0.402 e. The largest absolute Gasteiger partial charge is 0.635 e. The summed E-state index contributed by atoms with van der Waals surface area (Å²) in [5.74, 6) is 0. The Morgan fingerprint density at radius 1 is 1.45 bits per heavy atom. The lowest BCUT2D eigenvalue weighted by Crippen LogP contribution is -2.22. The van der Waals surface area contributed by atoms with Crippen LogP contribution >= 0.6 is 11.6 Å². The molecule has 0 aliphatic carbocycles. The van der Waals surface area contributed by atoms with E-state index in [0.29, 0.717) is 6.42 Å². The van der Waals surface area contributed by atoms with E-state index in [4.69, 9.17) is 21.6 Å². The quantitative estimate of drug-likeness (QED) is 0.366. The van der Waals surface area contributed by atoms with Crippen molar-refractivity contribution < 1.29 is 14.7 Å². The van der Waals surface area contributed by atoms with Crippen molar-refractivity contribution >= 4 is 18.9 Å². The van der Waals surface area contributed by atoms with Crippen LogP contribution in [0.15, 0.2) is 0 Å². The lowest BCUT2D eigenvalue weighted by atomic mass is 10.2. The van der Waals surface area contributed by atoms with E-state index in [2.05, 4.69) is 11.6 Å². The molecule has 0 bridgehead atoms. The van der Waals surface area contributed by atoms with Gasteiger partial charge in [-0.2, -0.15) is 0 Å². The molecule has 2 N–H and O–H groups in total. The molecular formula is C6H14BClO3. The number of halogens is 1. The highest BCUT2D eigenvalue weighted by molar-refractivity contribution is 6.34. The van der Waals surface area contributed by atoms with Gasteiger partial charge in [0.25, 0.3) is 0 Å². The summed E-state index contributed by atoms with van der Waals surface area (Å²) in [5.41, 5.74) is -0.582. The molecule has 0 amide bonds. The van der Waals surface area contributed by atoms with Crippen LogP contribution in [-0.4, -0.2) is 22.9 Å². The number of unbranched alkanes of at least 4 members (excludes halogenated alkanes) is 2. The van der Waals surface area contributed by atoms with Crippen molar-refractivity contribution in [1.29, 1.82) is 0 Å². The van der Waals surface area contributed by atoms with Gasteiger partial charge in [0.15, 0.2) is 0 Å². The van der Waals surface area contributed by atoms with Crippen LogP contribution in [0.3, 0.4) is 0 Å². The maximum atomic E-state index is 8.33. The molecule has 1 unspecified atom stereocenters. The second kappa shape index (κ2) is 6.92. The zero-order valence-electron chi connectivity index (χ0n) is 6.66. The van der Waals surface area contributed by atoms with Crippen LogP contribution in [0.1, 0.15) is 32.6 Å². The molecule has 0 aromatic rings. The van der Waals surface area contributed by atoms with Crippen LogP contribution in [0.4, 0.5) is 0 Å². The average Bonchev–Trinajstić information content (AvgIpc) is 1.86. The third kappa shape index (κ3) is 8.14. The third-order valence-corrected chi connectivity index (χ3v) is 1.63. The van der Waals surface area contributed by atoms with E-state index in [9.17, 15) is 0 Å². The normalized spacial score (nSPS) is 13.1. The van der Waals surface area contributed by atoms with Crippen molar-refractivity contribution in [3.63, 3.8) is 0 Å². The van der Waals surface area contributed by atoms with E-state index in [1.54, 1.807) is 0 Å². The Hall–Kier alpha value is 0.235. The molecule has 0 saturated carbocycles. The molecule has 1 atom stereocenters. The lowest BCUT2D eigenvalue weighted by molar-refractivity contribution is 0.158. The van der Waals surface area contributed by atoms with Gasteiger partial charge in [-0.15, -0.1) is 0 Å². The molecule has 0 rings (SSSR count). The maximum Gasteiger partial charge on any atom is 0.635 e. The minimum absolute atomic E-state index is 0.582. The minimum Gasteiger partial charge on any atom is -0.402 e. The molecule has 0 aliphatic heterocycles. The molecule has 3 nitrogen and oxygen atoms in total. The van der Waals surface area contributed by atoms with Gasteiger partial charge < -0.3 is 14.7 Å². The van der Waals surface area contributed by atoms with E-state index in [-0.39, 0.29) is 0 Å². The van der Waals surface area contributed by atoms with Gasteiger partial charge in [0, 0.05) is 0 Å². The standard InChI is InChI=1S/C6H14BClO3/c1-2-3-4-5-6(8)11-7(9)10/h6,9-10H,2-5H2,1H3. The van der Waals surface area contributed by atoms with E-state index in [1.165, 1.54) is 0 Å². The Morgan fingerprint density at radius 3 is 2.55 bits per heavy atom. The highest BCUT2D eigenvalue weighted by Gasteiger charge is 2.14. The topological polar surface area (TPSA) is 49.7 Å². The van der Waals surface area contributed by atoms with Crippen LogP contribution < -0.4 is 0 Å². The molecule has 66 valence electrons. The van der Waals surface area contributed by atoms with E-state index < -0.39 is 12.9 Å². The molecular weight excluding hydrogens is 166 g/mol. The Labute approximate surface area is 72.5 Å². The molecule has 0 heterocycles. The molecule has 0 spiro atoms. The van der Waals surface area contributed by atoms with Gasteiger partial charge in [0.1, 0.15) is 5.56 Å². The first-order chi connectivity index (χ1) is 5.16. The highest BCUT2D eigenvalue weighted by atomic mass is 35.5. The molecule has 0 aromatic heterocycles. The second-order valence-electron chi connectivity index (χ2n) is 2.37. The Balaban J connectivity index is 3.15. The van der Waals surface area contributed by atoms with Crippen LogP contribution in [-0.2, 0) is 4.65 Å². The van der Waals surface area contributed by atoms with Gasteiger partial charge in [-0.3, -0.25) is 0 Å². The van der Waals surface area contributed by atoms with Gasteiger partial charge in [-0.25, -0.2) is 0 Å². The zero-order valence-corrected chi connectivity index (χ0v) is 7.42. The van der Waals surface area contributed by atoms with Crippen molar-refractivity contribution in [2.45, 2.75) is 38.2 Å². The van der Waals surface area contributed by atoms with Crippen LogP contribution in [0.5, 0.6) is 0 Å². The van der Waals surface area contributed by atoms with Crippen LogP contribution in [0.25, 0.3) is 0 Å². The third-order valence-electron chi connectivity index (χ3n) is 1.30. The SMILES string of the molecule is CCCCCC(Cl)OB(O)O. The van der Waals surface area contributed by atoms with Gasteiger partial charge in [-0.1, -0.05) is 31.4 Å². The van der Waals surface area contributed by atoms with Gasteiger partial charge in [-0.05, 0) is 12.8 Å². The predicted octanol–water partition coefficient (Wildman–Crippen LogP) is 1.12. The van der Waals surface area contributed by atoms with Crippen LogP contribution in [0, 0.1) is 0 Å². The minimum atomic E-state index is -1.75. The first kappa shape index (κ1) is 11.2. The van der Waals surface area contributed by atoms with E-state index in [1.807, 2.05) is 0 Å². The second-order valence-corrected chi connectivity index (χ2v) is 2.85. The van der Waals surface area contributed by atoms with Crippen molar-refractivity contribution in [3.8, 4) is 0 Å². The first-order valence-electron chi connectivity index (χ1n) is 3.82. The van der Waals surface area contributed by atoms with Crippen LogP contribution in [0.2, 0.25) is 0 Å². The fraction of sp³-hybridized carbons (Fsp3) is 1.00. The Bertz CT molecular complexity index is 91.9. The fourth-order valence-electron chi connectivity index (χ4n) is 0.755. The fourth-order valence-corrected chi connectivity index (χ4v) is 1.00. The molecule has 0 aliphatic rings. The van der Waals surface area contributed by atoms with Crippen molar-refractivity contribution in [2.24, 2.45) is 0 Å². The lowest BCUT2D eigenvalue weighted by Gasteiger charge is -2.08. The monoisotopic (exact) mass is 180 g/mol. The summed E-state index contributed by atoms with van der Waals surface area (Å²) >= 11 is 5.57. The average molecular weight is 180 g/mol. The number of hydrogen-bond acceptors (Lipinski definition) is 3. The summed E-state index contributed by atoms with van der Waals surface area (Å²) in [7, 11) is -1.75. The van der Waals surface area contributed by atoms with Gasteiger partial charge >= 0.3 is 7.32 Å². The first-order valence-corrected chi connectivity index (χ1v) is 4.26. The summed E-state index contributed by atoms with van der Waals surface area (Å²) in [6.07, 6.45) is 3.82. The summed E-state index contributed by atoms with van der Waals surface area (Å²) in [5, 5.41) is 16.7. The molecule has 0 fully saturated rings. The number of hydrogen-bond donors (Lipinski definition) is 2. The highest BCUT2D eigenvalue weighted by Crippen LogP contribution is 2.10. The molecule has 0 aromatic carbocycles. The zero-order chi connectivity index (χ0) is 8.69. The van der Waals surface area contributed by atoms with Crippen molar-refractivity contribution in [1.82, 2.24) is 0 Å². The Morgan fingerprint density at radius 2 is 2.09 bits per heavy atom. The van der Waals surface area contributed by atoms with Crippen molar-refractivity contribution in [2.75, 3.05) is 0 Å². The molecule has 0 saturated heterocycles. The molecule has 5 heteroatoms. The summed E-state index contributed by atoms with van der Waals surface area (Å²) in [4.78, 5) is 0. The van der Waals surface area contributed by atoms with E-state index in [0.717, 1.165) is 19.3 Å². The Kier molecular flexibility index (Phi) is 7.06. The maximum absolute atomic E-state index is 8.33. The summed E-state index contributed by atoms with van der Waals surface area (Å²) in [6, 6.07) is 0. The number of alkyl halides is 1. The summed E-state index contributed by atoms with van der Waals surface area (Å²) in [6.45, 7) is 2.09. The predicted molar refractivity (Wildman–Crippen MR) is 45.1 cm³/mol. The van der Waals surface area contributed by atoms with Gasteiger partial charge in [0.05, 0.1) is 0 Å². The van der Waals surface area contributed by atoms with Crippen molar-refractivity contribution in [3.05, 3.63) is 0 Å². The number of rotatable bonds is 6. The molecule has 11 heavy (non-hydrogen) atoms. The van der Waals surface area contributed by atoms with E-state index >= 15 is 0 Å². The van der Waals surface area contributed by atoms with Gasteiger partial charge in [0.2, 0.25) is 0 Å². The molecule has 0 radical (unpaired) electrons. The summed E-state index contributed by atoms with van der Waals surface area (Å²) < 4.78 is 4.47.